The van der Waals surface area contributed by atoms with Crippen LogP contribution in [0.15, 0.2) is 54.6 Å². The van der Waals surface area contributed by atoms with Crippen molar-refractivity contribution in [2.24, 2.45) is 0 Å². The normalized spacial score (nSPS) is 15.7. The number of rotatable bonds is 8. The summed E-state index contributed by atoms with van der Waals surface area (Å²) in [6.07, 6.45) is 6.77. The predicted octanol–water partition coefficient (Wildman–Crippen LogP) is 5.81. The van der Waals surface area contributed by atoms with Gasteiger partial charge < -0.3 is 20.1 Å². The predicted molar refractivity (Wildman–Crippen MR) is 116 cm³/mol. The van der Waals surface area contributed by atoms with Crippen LogP contribution < -0.4 is 10.1 Å². The SMILES string of the molecule is CCCCCCC1(O)CCN(C(=O)Nc2cccc(Oc3ccccc3)c2)CC1. The van der Waals surface area contributed by atoms with Gasteiger partial charge >= 0.3 is 6.03 Å². The average Bonchev–Trinajstić information content (AvgIpc) is 2.73. The number of benzene rings is 2. The van der Waals surface area contributed by atoms with E-state index in [-0.39, 0.29) is 6.03 Å². The Morgan fingerprint density at radius 2 is 1.76 bits per heavy atom. The number of aliphatic hydroxyl groups is 1. The molecule has 0 spiro atoms. The molecule has 1 saturated heterocycles. The van der Waals surface area contributed by atoms with Crippen LogP contribution in [0.3, 0.4) is 0 Å². The first kappa shape index (κ1) is 21.2. The number of amides is 2. The summed E-state index contributed by atoms with van der Waals surface area (Å²) >= 11 is 0. The molecule has 0 aliphatic carbocycles. The van der Waals surface area contributed by atoms with Crippen LogP contribution in [0.5, 0.6) is 11.5 Å². The van der Waals surface area contributed by atoms with Crippen molar-refractivity contribution in [1.82, 2.24) is 4.90 Å². The van der Waals surface area contributed by atoms with Crippen molar-refractivity contribution in [3.8, 4) is 11.5 Å². The molecule has 29 heavy (non-hydrogen) atoms. The molecule has 5 nitrogen and oxygen atoms in total. The summed E-state index contributed by atoms with van der Waals surface area (Å²) in [7, 11) is 0. The molecule has 156 valence electrons. The average molecular weight is 397 g/mol. The molecule has 2 aromatic carbocycles. The van der Waals surface area contributed by atoms with Gasteiger partial charge in [0.2, 0.25) is 0 Å². The molecule has 0 atom stereocenters. The number of nitrogens with one attached hydrogen (secondary N) is 1. The number of hydrogen-bond donors (Lipinski definition) is 2. The molecule has 0 aromatic heterocycles. The minimum Gasteiger partial charge on any atom is -0.457 e. The maximum absolute atomic E-state index is 12.6. The number of para-hydroxylation sites is 1. The number of anilines is 1. The van der Waals surface area contributed by atoms with E-state index in [9.17, 15) is 9.90 Å². The quantitative estimate of drug-likeness (QED) is 0.554. The Morgan fingerprint density at radius 3 is 2.48 bits per heavy atom. The second-order valence-electron chi connectivity index (χ2n) is 7.90. The van der Waals surface area contributed by atoms with Gasteiger partial charge in [-0.2, -0.15) is 0 Å². The van der Waals surface area contributed by atoms with Crippen molar-refractivity contribution in [2.75, 3.05) is 18.4 Å². The van der Waals surface area contributed by atoms with Crippen LogP contribution in [0.25, 0.3) is 0 Å². The Bertz CT molecular complexity index is 771. The van der Waals surface area contributed by atoms with Crippen LogP contribution in [-0.4, -0.2) is 34.7 Å². The van der Waals surface area contributed by atoms with Crippen LogP contribution in [0.2, 0.25) is 0 Å². The molecule has 1 aliphatic heterocycles. The summed E-state index contributed by atoms with van der Waals surface area (Å²) in [6, 6.07) is 16.8. The first-order valence-corrected chi connectivity index (χ1v) is 10.7. The number of unbranched alkanes of at least 4 members (excludes halogenated alkanes) is 3. The van der Waals surface area contributed by atoms with Crippen molar-refractivity contribution < 1.29 is 14.6 Å². The lowest BCUT2D eigenvalue weighted by atomic mass is 9.86. The Morgan fingerprint density at radius 1 is 1.03 bits per heavy atom. The fourth-order valence-corrected chi connectivity index (χ4v) is 3.72. The standard InChI is InChI=1S/C24H32N2O3/c1-2-3-4-8-14-24(28)15-17-26(18-16-24)23(27)25-20-10-9-13-22(19-20)29-21-11-6-5-7-12-21/h5-7,9-13,19,28H,2-4,8,14-18H2,1H3,(H,25,27). The van der Waals surface area contributed by atoms with Gasteiger partial charge in [0.25, 0.3) is 0 Å². The van der Waals surface area contributed by atoms with E-state index < -0.39 is 5.60 Å². The van der Waals surface area contributed by atoms with Gasteiger partial charge in [0.1, 0.15) is 11.5 Å². The Labute approximate surface area is 173 Å². The van der Waals surface area contributed by atoms with Crippen LogP contribution in [0.1, 0.15) is 51.9 Å². The molecule has 5 heteroatoms. The van der Waals surface area contributed by atoms with Gasteiger partial charge in [-0.3, -0.25) is 0 Å². The highest BCUT2D eigenvalue weighted by Crippen LogP contribution is 2.29. The molecule has 1 aliphatic rings. The maximum atomic E-state index is 12.6. The molecule has 1 heterocycles. The fourth-order valence-electron chi connectivity index (χ4n) is 3.72. The summed E-state index contributed by atoms with van der Waals surface area (Å²) in [5.41, 5.74) is 0.0809. The van der Waals surface area contributed by atoms with Crippen LogP contribution in [-0.2, 0) is 0 Å². The van der Waals surface area contributed by atoms with Gasteiger partial charge in [-0.25, -0.2) is 4.79 Å². The van der Waals surface area contributed by atoms with Crippen molar-refractivity contribution in [1.29, 1.82) is 0 Å². The van der Waals surface area contributed by atoms with E-state index in [1.54, 1.807) is 4.90 Å². The van der Waals surface area contributed by atoms with Crippen molar-refractivity contribution in [3.05, 3.63) is 54.6 Å². The van der Waals surface area contributed by atoms with Crippen molar-refractivity contribution in [3.63, 3.8) is 0 Å². The molecular formula is C24H32N2O3. The third-order valence-corrected chi connectivity index (χ3v) is 5.54. The fraction of sp³-hybridized carbons (Fsp3) is 0.458. The van der Waals surface area contributed by atoms with Gasteiger partial charge in [-0.05, 0) is 43.5 Å². The zero-order chi connectivity index (χ0) is 20.5. The highest BCUT2D eigenvalue weighted by Gasteiger charge is 2.33. The second-order valence-corrected chi connectivity index (χ2v) is 7.90. The molecule has 2 N–H and O–H groups in total. The van der Waals surface area contributed by atoms with E-state index in [0.29, 0.717) is 37.4 Å². The van der Waals surface area contributed by atoms with E-state index in [0.717, 1.165) is 18.6 Å². The molecule has 2 aromatic rings. The lowest BCUT2D eigenvalue weighted by Crippen LogP contribution is -2.48. The van der Waals surface area contributed by atoms with E-state index >= 15 is 0 Å². The monoisotopic (exact) mass is 396 g/mol. The second kappa shape index (κ2) is 10.3. The topological polar surface area (TPSA) is 61.8 Å². The number of carbonyl (C=O) groups excluding carboxylic acids is 1. The third-order valence-electron chi connectivity index (χ3n) is 5.54. The first-order chi connectivity index (χ1) is 14.1. The Balaban J connectivity index is 1.49. The lowest BCUT2D eigenvalue weighted by molar-refractivity contribution is -0.0197. The molecule has 3 rings (SSSR count). The van der Waals surface area contributed by atoms with Gasteiger partial charge in [0.15, 0.2) is 0 Å². The molecular weight excluding hydrogens is 364 g/mol. The maximum Gasteiger partial charge on any atom is 0.321 e. The summed E-state index contributed by atoms with van der Waals surface area (Å²) in [4.78, 5) is 14.4. The van der Waals surface area contributed by atoms with Gasteiger partial charge in [0.05, 0.1) is 5.60 Å². The number of urea groups is 1. The molecule has 2 amide bonds. The van der Waals surface area contributed by atoms with E-state index in [1.165, 1.54) is 19.3 Å². The largest absolute Gasteiger partial charge is 0.457 e. The number of likely N-dealkylation sites (tertiary alicyclic amines) is 1. The van der Waals surface area contributed by atoms with Crippen LogP contribution in [0.4, 0.5) is 10.5 Å². The first-order valence-electron chi connectivity index (χ1n) is 10.7. The zero-order valence-electron chi connectivity index (χ0n) is 17.3. The number of hydrogen-bond acceptors (Lipinski definition) is 3. The van der Waals surface area contributed by atoms with Gasteiger partial charge in [-0.1, -0.05) is 56.9 Å². The molecule has 0 radical (unpaired) electrons. The summed E-state index contributed by atoms with van der Waals surface area (Å²) < 4.78 is 5.83. The smallest absolute Gasteiger partial charge is 0.321 e. The Hall–Kier alpha value is -2.53. The number of nitrogens with zero attached hydrogens (tertiary/aromatic N) is 1. The van der Waals surface area contributed by atoms with Crippen LogP contribution in [0, 0.1) is 0 Å². The lowest BCUT2D eigenvalue weighted by Gasteiger charge is -2.38. The highest BCUT2D eigenvalue weighted by atomic mass is 16.5. The molecule has 1 fully saturated rings. The summed E-state index contributed by atoms with van der Waals surface area (Å²) in [5, 5.41) is 13.7. The van der Waals surface area contributed by atoms with Crippen LogP contribution >= 0.6 is 0 Å². The minimum atomic E-state index is -0.617. The number of ether oxygens (including phenoxy) is 1. The molecule has 0 saturated carbocycles. The zero-order valence-corrected chi connectivity index (χ0v) is 17.3. The third kappa shape index (κ3) is 6.50. The summed E-state index contributed by atoms with van der Waals surface area (Å²) in [6.45, 7) is 3.35. The van der Waals surface area contributed by atoms with Crippen molar-refractivity contribution in [2.45, 2.75) is 57.5 Å². The van der Waals surface area contributed by atoms with E-state index in [2.05, 4.69) is 12.2 Å². The highest BCUT2D eigenvalue weighted by molar-refractivity contribution is 5.89. The molecule has 0 bridgehead atoms. The molecule has 0 unspecified atom stereocenters. The number of carbonyl (C=O) groups is 1. The number of piperidine rings is 1. The van der Waals surface area contributed by atoms with Gasteiger partial charge in [-0.15, -0.1) is 0 Å². The van der Waals surface area contributed by atoms with E-state index in [4.69, 9.17) is 4.74 Å². The van der Waals surface area contributed by atoms with E-state index in [1.807, 2.05) is 54.6 Å². The Kier molecular flexibility index (Phi) is 7.53. The minimum absolute atomic E-state index is 0.130. The van der Waals surface area contributed by atoms with Gasteiger partial charge in [0, 0.05) is 24.8 Å². The van der Waals surface area contributed by atoms with Crippen molar-refractivity contribution >= 4 is 11.7 Å². The summed E-state index contributed by atoms with van der Waals surface area (Å²) in [5.74, 6) is 1.43.